The van der Waals surface area contributed by atoms with Crippen LogP contribution in [-0.2, 0) is 11.3 Å². The molecule has 5 heteroatoms. The second kappa shape index (κ2) is 7.51. The normalized spacial score (nSPS) is 11.8. The van der Waals surface area contributed by atoms with Crippen LogP contribution in [0.25, 0.3) is 0 Å². The molecule has 0 aromatic carbocycles. The Kier molecular flexibility index (Phi) is 5.95. The summed E-state index contributed by atoms with van der Waals surface area (Å²) in [5.74, 6) is -0.0866. The number of carbonyl (C=O) groups is 1. The summed E-state index contributed by atoms with van der Waals surface area (Å²) < 4.78 is 1.81. The Morgan fingerprint density at radius 3 is 3.11 bits per heavy atom. The van der Waals surface area contributed by atoms with E-state index in [2.05, 4.69) is 12.2 Å². The number of amides is 1. The van der Waals surface area contributed by atoms with E-state index in [-0.39, 0.29) is 18.5 Å². The van der Waals surface area contributed by atoms with E-state index < -0.39 is 0 Å². The Balaban J connectivity index is 2.44. The molecular formula is C13H20N4O. The highest BCUT2D eigenvalue weighted by Gasteiger charge is 2.08. The topological polar surface area (TPSA) is 83.8 Å². The van der Waals surface area contributed by atoms with Gasteiger partial charge in [0.2, 0.25) is 5.91 Å². The molecule has 18 heavy (non-hydrogen) atoms. The average molecular weight is 248 g/mol. The van der Waals surface area contributed by atoms with Gasteiger partial charge >= 0.3 is 0 Å². The maximum Gasteiger partial charge on any atom is 0.239 e. The van der Waals surface area contributed by atoms with E-state index in [9.17, 15) is 4.79 Å². The zero-order valence-electron chi connectivity index (χ0n) is 10.7. The van der Waals surface area contributed by atoms with Crippen LogP contribution in [0, 0.1) is 11.3 Å². The molecule has 0 aliphatic carbocycles. The summed E-state index contributed by atoms with van der Waals surface area (Å²) in [6.45, 7) is 2.77. The van der Waals surface area contributed by atoms with Gasteiger partial charge in [-0.15, -0.1) is 0 Å². The average Bonchev–Trinajstić information content (AvgIpc) is 2.78. The van der Waals surface area contributed by atoms with Gasteiger partial charge in [0.05, 0.1) is 12.5 Å². The minimum absolute atomic E-state index is 0.0397. The SMILES string of the molecule is CCCC(N)c1ccn(CC(=O)NCCC#N)c1. The van der Waals surface area contributed by atoms with Crippen LogP contribution in [-0.4, -0.2) is 17.0 Å². The second-order valence-electron chi connectivity index (χ2n) is 4.27. The molecule has 1 rings (SSSR count). The van der Waals surface area contributed by atoms with Crippen LogP contribution < -0.4 is 11.1 Å². The largest absolute Gasteiger partial charge is 0.354 e. The van der Waals surface area contributed by atoms with Crippen molar-refractivity contribution in [2.75, 3.05) is 6.54 Å². The summed E-state index contributed by atoms with van der Waals surface area (Å²) in [7, 11) is 0. The minimum Gasteiger partial charge on any atom is -0.354 e. The molecule has 0 bridgehead atoms. The van der Waals surface area contributed by atoms with Gasteiger partial charge in [-0.3, -0.25) is 4.79 Å². The van der Waals surface area contributed by atoms with Crippen molar-refractivity contribution in [3.8, 4) is 6.07 Å². The molecule has 1 atom stereocenters. The van der Waals surface area contributed by atoms with Gasteiger partial charge in [0.1, 0.15) is 6.54 Å². The number of hydrogen-bond donors (Lipinski definition) is 2. The highest BCUT2D eigenvalue weighted by Crippen LogP contribution is 2.15. The van der Waals surface area contributed by atoms with Gasteiger partial charge in [-0.2, -0.15) is 5.26 Å². The lowest BCUT2D eigenvalue weighted by Crippen LogP contribution is -2.27. The van der Waals surface area contributed by atoms with E-state index in [1.54, 1.807) is 0 Å². The lowest BCUT2D eigenvalue weighted by molar-refractivity contribution is -0.121. The van der Waals surface area contributed by atoms with Crippen molar-refractivity contribution in [2.45, 2.75) is 38.8 Å². The minimum atomic E-state index is -0.0866. The van der Waals surface area contributed by atoms with Crippen LogP contribution in [0.5, 0.6) is 0 Å². The first-order chi connectivity index (χ1) is 8.67. The molecule has 1 aromatic rings. The fourth-order valence-electron chi connectivity index (χ4n) is 1.73. The quantitative estimate of drug-likeness (QED) is 0.714. The number of nitrogens with two attached hydrogens (primary N) is 1. The van der Waals surface area contributed by atoms with Crippen molar-refractivity contribution < 1.29 is 4.79 Å². The Morgan fingerprint density at radius 2 is 2.44 bits per heavy atom. The number of rotatable bonds is 7. The second-order valence-corrected chi connectivity index (χ2v) is 4.27. The first-order valence-electron chi connectivity index (χ1n) is 6.22. The maximum atomic E-state index is 11.5. The molecule has 1 aromatic heterocycles. The van der Waals surface area contributed by atoms with E-state index in [4.69, 9.17) is 11.0 Å². The van der Waals surface area contributed by atoms with Crippen LogP contribution in [0.3, 0.4) is 0 Å². The summed E-state index contributed by atoms with van der Waals surface area (Å²) >= 11 is 0. The Morgan fingerprint density at radius 1 is 1.67 bits per heavy atom. The summed E-state index contributed by atoms with van der Waals surface area (Å²) in [6, 6.07) is 3.97. The number of nitrogens with one attached hydrogen (secondary N) is 1. The first kappa shape index (κ1) is 14.3. The Hall–Kier alpha value is -1.80. The zero-order valence-corrected chi connectivity index (χ0v) is 10.7. The third-order valence-corrected chi connectivity index (χ3v) is 2.69. The highest BCUT2D eigenvalue weighted by atomic mass is 16.1. The van der Waals surface area contributed by atoms with Gasteiger partial charge < -0.3 is 15.6 Å². The standard InChI is InChI=1S/C13H20N4O/c1-2-4-12(15)11-5-8-17(9-11)10-13(18)16-7-3-6-14/h5,8-9,12H,2-4,7,10,15H2,1H3,(H,16,18). The van der Waals surface area contributed by atoms with E-state index >= 15 is 0 Å². The van der Waals surface area contributed by atoms with Gasteiger partial charge in [-0.05, 0) is 18.1 Å². The van der Waals surface area contributed by atoms with Crippen molar-refractivity contribution >= 4 is 5.91 Å². The number of nitrogens with zero attached hydrogens (tertiary/aromatic N) is 2. The summed E-state index contributed by atoms with van der Waals surface area (Å²) in [5.41, 5.74) is 7.06. The van der Waals surface area contributed by atoms with Gasteiger partial charge in [-0.25, -0.2) is 0 Å². The third kappa shape index (κ3) is 4.60. The van der Waals surface area contributed by atoms with Crippen LogP contribution in [0.2, 0.25) is 0 Å². The molecule has 0 radical (unpaired) electrons. The van der Waals surface area contributed by atoms with E-state index in [0.29, 0.717) is 13.0 Å². The Bertz CT molecular complexity index is 419. The van der Waals surface area contributed by atoms with Crippen molar-refractivity contribution in [3.63, 3.8) is 0 Å². The maximum absolute atomic E-state index is 11.5. The third-order valence-electron chi connectivity index (χ3n) is 2.69. The molecule has 1 heterocycles. The van der Waals surface area contributed by atoms with E-state index in [1.807, 2.05) is 29.1 Å². The molecule has 0 spiro atoms. The molecule has 5 nitrogen and oxygen atoms in total. The molecule has 0 saturated heterocycles. The lowest BCUT2D eigenvalue weighted by Gasteiger charge is -2.07. The Labute approximate surface area is 108 Å². The molecule has 98 valence electrons. The zero-order chi connectivity index (χ0) is 13.4. The molecule has 1 amide bonds. The molecular weight excluding hydrogens is 228 g/mol. The van der Waals surface area contributed by atoms with Crippen molar-refractivity contribution in [2.24, 2.45) is 5.73 Å². The molecule has 1 unspecified atom stereocenters. The van der Waals surface area contributed by atoms with Crippen LogP contribution >= 0.6 is 0 Å². The van der Waals surface area contributed by atoms with Crippen LogP contribution in [0.4, 0.5) is 0 Å². The van der Waals surface area contributed by atoms with Crippen molar-refractivity contribution in [1.82, 2.24) is 9.88 Å². The van der Waals surface area contributed by atoms with Gasteiger partial charge in [0.15, 0.2) is 0 Å². The number of carbonyl (C=O) groups excluding carboxylic acids is 1. The number of hydrogen-bond acceptors (Lipinski definition) is 3. The van der Waals surface area contributed by atoms with E-state index in [1.165, 1.54) is 0 Å². The molecule has 0 aliphatic heterocycles. The molecule has 0 fully saturated rings. The van der Waals surface area contributed by atoms with Gasteiger partial charge in [0, 0.05) is 25.0 Å². The predicted octanol–water partition coefficient (Wildman–Crippen LogP) is 1.32. The monoisotopic (exact) mass is 248 g/mol. The van der Waals surface area contributed by atoms with Crippen molar-refractivity contribution in [1.29, 1.82) is 5.26 Å². The molecule has 0 aliphatic rings. The lowest BCUT2D eigenvalue weighted by atomic mass is 10.1. The first-order valence-corrected chi connectivity index (χ1v) is 6.22. The predicted molar refractivity (Wildman–Crippen MR) is 69.5 cm³/mol. The summed E-state index contributed by atoms with van der Waals surface area (Å²) in [6.07, 6.45) is 6.09. The highest BCUT2D eigenvalue weighted by molar-refractivity contribution is 5.75. The molecule has 0 saturated carbocycles. The van der Waals surface area contributed by atoms with Gasteiger partial charge in [-0.1, -0.05) is 13.3 Å². The van der Waals surface area contributed by atoms with Crippen LogP contribution in [0.1, 0.15) is 37.8 Å². The fraction of sp³-hybridized carbons (Fsp3) is 0.538. The van der Waals surface area contributed by atoms with Crippen molar-refractivity contribution in [3.05, 3.63) is 24.0 Å². The number of aromatic nitrogens is 1. The fourth-order valence-corrected chi connectivity index (χ4v) is 1.73. The summed E-state index contributed by atoms with van der Waals surface area (Å²) in [4.78, 5) is 11.5. The number of nitriles is 1. The smallest absolute Gasteiger partial charge is 0.239 e. The van der Waals surface area contributed by atoms with Gasteiger partial charge in [0.25, 0.3) is 0 Å². The van der Waals surface area contributed by atoms with E-state index in [0.717, 1.165) is 18.4 Å². The molecule has 3 N–H and O–H groups in total. The van der Waals surface area contributed by atoms with Crippen LogP contribution in [0.15, 0.2) is 18.5 Å². The summed E-state index contributed by atoms with van der Waals surface area (Å²) in [5, 5.41) is 11.0.